The monoisotopic (exact) mass is 264 g/mol. The van der Waals surface area contributed by atoms with Gasteiger partial charge in [-0.25, -0.2) is 0 Å². The third-order valence-corrected chi connectivity index (χ3v) is 4.32. The molecule has 100 valence electrons. The number of hydrogen-bond acceptors (Lipinski definition) is 3. The van der Waals surface area contributed by atoms with Gasteiger partial charge >= 0.3 is 0 Å². The summed E-state index contributed by atoms with van der Waals surface area (Å²) in [4.78, 5) is 3.87. The van der Waals surface area contributed by atoms with Crippen molar-refractivity contribution >= 4 is 11.8 Å². The lowest BCUT2D eigenvalue weighted by atomic mass is 10.2. The zero-order valence-electron chi connectivity index (χ0n) is 11.6. The van der Waals surface area contributed by atoms with E-state index in [-0.39, 0.29) is 4.75 Å². The van der Waals surface area contributed by atoms with Crippen molar-refractivity contribution in [2.24, 2.45) is 5.73 Å². The number of hydrogen-bond donors (Lipinski definition) is 1. The fraction of sp³-hybridized carbons (Fsp3) is 0.600. The van der Waals surface area contributed by atoms with Crippen LogP contribution in [0.1, 0.15) is 32.8 Å². The second kappa shape index (κ2) is 5.64. The van der Waals surface area contributed by atoms with Crippen molar-refractivity contribution in [2.45, 2.75) is 49.4 Å². The van der Waals surface area contributed by atoms with Gasteiger partial charge in [0.15, 0.2) is 0 Å². The van der Waals surface area contributed by atoms with Crippen LogP contribution in [0.3, 0.4) is 0 Å². The van der Waals surface area contributed by atoms with E-state index in [4.69, 9.17) is 5.73 Å². The van der Waals surface area contributed by atoms with Crippen molar-refractivity contribution in [1.29, 1.82) is 0 Å². The number of likely N-dealkylation sites (tertiary alicyclic amines) is 1. The maximum atomic E-state index is 5.97. The van der Waals surface area contributed by atoms with E-state index in [1.807, 2.05) is 11.8 Å². The van der Waals surface area contributed by atoms with Crippen molar-refractivity contribution < 1.29 is 0 Å². The van der Waals surface area contributed by atoms with E-state index < -0.39 is 0 Å². The molecule has 2 rings (SSSR count). The minimum absolute atomic E-state index is 0.261. The van der Waals surface area contributed by atoms with Gasteiger partial charge in [-0.15, -0.1) is 11.8 Å². The van der Waals surface area contributed by atoms with Crippen LogP contribution in [0.2, 0.25) is 0 Å². The molecule has 1 aliphatic heterocycles. The molecule has 0 bridgehead atoms. The Hall–Kier alpha value is -0.510. The van der Waals surface area contributed by atoms with E-state index >= 15 is 0 Å². The Morgan fingerprint density at radius 1 is 1.33 bits per heavy atom. The fourth-order valence-corrected chi connectivity index (χ4v) is 3.38. The fourth-order valence-electron chi connectivity index (χ4n) is 2.31. The minimum Gasteiger partial charge on any atom is -0.326 e. The predicted octanol–water partition coefficient (Wildman–Crippen LogP) is 3.11. The Balaban J connectivity index is 2.07. The average molecular weight is 264 g/mol. The molecule has 18 heavy (non-hydrogen) atoms. The molecule has 1 fully saturated rings. The molecule has 2 N–H and O–H groups in total. The number of rotatable bonds is 3. The van der Waals surface area contributed by atoms with E-state index in [9.17, 15) is 0 Å². The molecule has 1 atom stereocenters. The van der Waals surface area contributed by atoms with Crippen LogP contribution in [0.25, 0.3) is 0 Å². The summed E-state index contributed by atoms with van der Waals surface area (Å²) in [7, 11) is 0. The molecule has 0 aliphatic carbocycles. The number of nitrogens with two attached hydrogens (primary N) is 1. The normalized spacial score (nSPS) is 21.4. The first-order valence-corrected chi connectivity index (χ1v) is 7.50. The van der Waals surface area contributed by atoms with Gasteiger partial charge < -0.3 is 5.73 Å². The van der Waals surface area contributed by atoms with Crippen LogP contribution in [0.5, 0.6) is 0 Å². The molecule has 1 aliphatic rings. The zero-order valence-corrected chi connectivity index (χ0v) is 12.5. The zero-order chi connectivity index (χ0) is 13.2. The van der Waals surface area contributed by atoms with Gasteiger partial charge in [-0.1, -0.05) is 39.0 Å². The van der Waals surface area contributed by atoms with E-state index in [0.717, 1.165) is 26.1 Å². The van der Waals surface area contributed by atoms with Crippen LogP contribution in [0.4, 0.5) is 0 Å². The Labute approximate surface area is 115 Å². The van der Waals surface area contributed by atoms with E-state index in [0.29, 0.717) is 6.04 Å². The van der Waals surface area contributed by atoms with Gasteiger partial charge in [-0.05, 0) is 18.1 Å². The van der Waals surface area contributed by atoms with Gasteiger partial charge in [-0.3, -0.25) is 4.90 Å². The molecule has 1 heterocycles. The molecular formula is C15H24N2S. The molecule has 0 amide bonds. The topological polar surface area (TPSA) is 29.3 Å². The van der Waals surface area contributed by atoms with Gasteiger partial charge in [0, 0.05) is 35.3 Å². The molecule has 1 unspecified atom stereocenters. The average Bonchev–Trinajstić information content (AvgIpc) is 2.65. The third-order valence-electron chi connectivity index (χ3n) is 3.09. The summed E-state index contributed by atoms with van der Waals surface area (Å²) >= 11 is 1.95. The SMILES string of the molecule is CC(C)(C)Sc1ccccc1CN1CCC(N)C1. The van der Waals surface area contributed by atoms with E-state index in [2.05, 4.69) is 49.9 Å². The lowest BCUT2D eigenvalue weighted by molar-refractivity contribution is 0.324. The van der Waals surface area contributed by atoms with Crippen molar-refractivity contribution in [3.8, 4) is 0 Å². The highest BCUT2D eigenvalue weighted by Gasteiger charge is 2.21. The first-order valence-electron chi connectivity index (χ1n) is 6.69. The molecule has 0 saturated carbocycles. The van der Waals surface area contributed by atoms with Crippen LogP contribution in [0.15, 0.2) is 29.2 Å². The number of benzene rings is 1. The molecule has 2 nitrogen and oxygen atoms in total. The van der Waals surface area contributed by atoms with Gasteiger partial charge in [0.05, 0.1) is 0 Å². The first-order chi connectivity index (χ1) is 8.44. The largest absolute Gasteiger partial charge is 0.326 e. The Kier molecular flexibility index (Phi) is 4.36. The second-order valence-corrected chi connectivity index (χ2v) is 7.97. The highest BCUT2D eigenvalue weighted by atomic mass is 32.2. The van der Waals surface area contributed by atoms with Crippen molar-refractivity contribution in [1.82, 2.24) is 4.90 Å². The van der Waals surface area contributed by atoms with Gasteiger partial charge in [-0.2, -0.15) is 0 Å². The van der Waals surface area contributed by atoms with Crippen LogP contribution in [-0.4, -0.2) is 28.8 Å². The van der Waals surface area contributed by atoms with Crippen LogP contribution >= 0.6 is 11.8 Å². The summed E-state index contributed by atoms with van der Waals surface area (Å²) in [5, 5.41) is 0. The highest BCUT2D eigenvalue weighted by Crippen LogP contribution is 2.34. The van der Waals surface area contributed by atoms with Gasteiger partial charge in [0.2, 0.25) is 0 Å². The molecule has 0 spiro atoms. The third kappa shape index (κ3) is 4.01. The lowest BCUT2D eigenvalue weighted by Crippen LogP contribution is -2.26. The Bertz CT molecular complexity index is 398. The lowest BCUT2D eigenvalue weighted by Gasteiger charge is -2.22. The molecular weight excluding hydrogens is 240 g/mol. The summed E-state index contributed by atoms with van der Waals surface area (Å²) in [5.41, 5.74) is 7.41. The number of nitrogens with zero attached hydrogens (tertiary/aromatic N) is 1. The Morgan fingerprint density at radius 2 is 2.06 bits per heavy atom. The van der Waals surface area contributed by atoms with Crippen molar-refractivity contribution in [2.75, 3.05) is 13.1 Å². The first kappa shape index (κ1) is 13.9. The van der Waals surface area contributed by atoms with Crippen molar-refractivity contribution in [3.63, 3.8) is 0 Å². The maximum Gasteiger partial charge on any atom is 0.0245 e. The molecule has 0 radical (unpaired) electrons. The summed E-state index contributed by atoms with van der Waals surface area (Å²) in [5.74, 6) is 0. The molecule has 1 aromatic carbocycles. The minimum atomic E-state index is 0.261. The van der Waals surface area contributed by atoms with Crippen LogP contribution in [0, 0.1) is 0 Å². The molecule has 3 heteroatoms. The second-order valence-electron chi connectivity index (χ2n) is 6.11. The highest BCUT2D eigenvalue weighted by molar-refractivity contribution is 8.00. The number of thioether (sulfide) groups is 1. The summed E-state index contributed by atoms with van der Waals surface area (Å²) < 4.78 is 0.261. The molecule has 1 saturated heterocycles. The van der Waals surface area contributed by atoms with Crippen LogP contribution < -0.4 is 5.73 Å². The van der Waals surface area contributed by atoms with Crippen molar-refractivity contribution in [3.05, 3.63) is 29.8 Å². The molecule has 0 aromatic heterocycles. The van der Waals surface area contributed by atoms with Gasteiger partial charge in [0.25, 0.3) is 0 Å². The smallest absolute Gasteiger partial charge is 0.0245 e. The summed E-state index contributed by atoms with van der Waals surface area (Å²) in [6.07, 6.45) is 1.13. The van der Waals surface area contributed by atoms with E-state index in [1.165, 1.54) is 10.5 Å². The maximum absolute atomic E-state index is 5.97. The summed E-state index contributed by atoms with van der Waals surface area (Å²) in [6.45, 7) is 10.00. The molecule has 1 aromatic rings. The van der Waals surface area contributed by atoms with Crippen LogP contribution in [-0.2, 0) is 6.54 Å². The predicted molar refractivity (Wildman–Crippen MR) is 79.9 cm³/mol. The van der Waals surface area contributed by atoms with E-state index in [1.54, 1.807) is 0 Å². The Morgan fingerprint density at radius 3 is 2.67 bits per heavy atom. The van der Waals surface area contributed by atoms with Gasteiger partial charge in [0.1, 0.15) is 0 Å². The standard InChI is InChI=1S/C15H24N2S/c1-15(2,3)18-14-7-5-4-6-12(14)10-17-9-8-13(16)11-17/h4-7,13H,8-11,16H2,1-3H3. The quantitative estimate of drug-likeness (QED) is 0.851. The summed E-state index contributed by atoms with van der Waals surface area (Å²) in [6, 6.07) is 9.12.